The maximum absolute atomic E-state index is 13.3. The van der Waals surface area contributed by atoms with Gasteiger partial charge in [0, 0.05) is 13.1 Å². The van der Waals surface area contributed by atoms with Gasteiger partial charge in [0.1, 0.15) is 0 Å². The van der Waals surface area contributed by atoms with E-state index in [0.717, 1.165) is 17.7 Å². The molecule has 32 heavy (non-hydrogen) atoms. The van der Waals surface area contributed by atoms with Gasteiger partial charge in [-0.25, -0.2) is 0 Å². The van der Waals surface area contributed by atoms with Crippen molar-refractivity contribution in [3.8, 4) is 11.5 Å². The first-order valence-electron chi connectivity index (χ1n) is 10.9. The van der Waals surface area contributed by atoms with Crippen molar-refractivity contribution in [2.75, 3.05) is 34.4 Å². The Hall–Kier alpha value is -3.31. The fraction of sp³-hybridized carbons (Fsp3) is 0.296. The molecule has 1 amide bonds. The van der Waals surface area contributed by atoms with Crippen LogP contribution in [0.15, 0.2) is 72.8 Å². The van der Waals surface area contributed by atoms with Gasteiger partial charge in [0.05, 0.1) is 26.8 Å². The van der Waals surface area contributed by atoms with Crippen molar-refractivity contribution in [3.63, 3.8) is 0 Å². The molecule has 0 radical (unpaired) electrons. The standard InChI is InChI=1S/C27H30N2O3/c1-28(27(20-10-6-4-7-11-20)21-12-8-5-9-13-21)19-26(30)29-15-14-22-16-24(31-2)25(32-3)17-23(22)18-29/h4-13,16-17,27H,14-15,18-19H2,1-3H3. The van der Waals surface area contributed by atoms with Gasteiger partial charge in [0.15, 0.2) is 11.5 Å². The number of nitrogens with zero attached hydrogens (tertiary/aromatic N) is 2. The number of amides is 1. The van der Waals surface area contributed by atoms with Gasteiger partial charge in [-0.1, -0.05) is 60.7 Å². The molecule has 0 saturated heterocycles. The van der Waals surface area contributed by atoms with E-state index in [4.69, 9.17) is 9.47 Å². The Bertz CT molecular complexity index is 1010. The average Bonchev–Trinajstić information content (AvgIpc) is 2.84. The summed E-state index contributed by atoms with van der Waals surface area (Å²) in [6.07, 6.45) is 0.811. The van der Waals surface area contributed by atoms with Crippen molar-refractivity contribution in [1.29, 1.82) is 0 Å². The summed E-state index contributed by atoms with van der Waals surface area (Å²) >= 11 is 0. The van der Waals surface area contributed by atoms with E-state index in [0.29, 0.717) is 25.4 Å². The molecule has 1 aliphatic rings. The van der Waals surface area contributed by atoms with Gasteiger partial charge in [0.2, 0.25) is 5.91 Å². The summed E-state index contributed by atoms with van der Waals surface area (Å²) in [5.74, 6) is 1.56. The van der Waals surface area contributed by atoms with E-state index >= 15 is 0 Å². The fourth-order valence-electron chi connectivity index (χ4n) is 4.47. The number of benzene rings is 3. The monoisotopic (exact) mass is 430 g/mol. The van der Waals surface area contributed by atoms with Gasteiger partial charge >= 0.3 is 0 Å². The quantitative estimate of drug-likeness (QED) is 0.560. The molecule has 0 saturated carbocycles. The number of ether oxygens (including phenoxy) is 2. The summed E-state index contributed by atoms with van der Waals surface area (Å²) in [5, 5.41) is 0. The first-order chi connectivity index (χ1) is 15.6. The Morgan fingerprint density at radius 1 is 0.906 bits per heavy atom. The molecule has 0 fully saturated rings. The molecule has 0 aromatic heterocycles. The normalized spacial score (nSPS) is 13.2. The molecule has 0 N–H and O–H groups in total. The van der Waals surface area contributed by atoms with E-state index < -0.39 is 0 Å². The predicted octanol–water partition coefficient (Wildman–Crippen LogP) is 4.31. The van der Waals surface area contributed by atoms with Gasteiger partial charge in [-0.3, -0.25) is 9.69 Å². The van der Waals surface area contributed by atoms with Crippen molar-refractivity contribution in [2.45, 2.75) is 19.0 Å². The molecule has 0 atom stereocenters. The minimum atomic E-state index is 0.0165. The van der Waals surface area contributed by atoms with Gasteiger partial charge in [-0.2, -0.15) is 0 Å². The van der Waals surface area contributed by atoms with Gasteiger partial charge < -0.3 is 14.4 Å². The number of hydrogen-bond acceptors (Lipinski definition) is 4. The van der Waals surface area contributed by atoms with E-state index in [-0.39, 0.29) is 11.9 Å². The molecule has 0 aliphatic carbocycles. The van der Waals surface area contributed by atoms with Crippen LogP contribution in [0, 0.1) is 0 Å². The van der Waals surface area contributed by atoms with Gasteiger partial charge in [-0.05, 0) is 47.9 Å². The topological polar surface area (TPSA) is 42.0 Å². The predicted molar refractivity (Wildman–Crippen MR) is 126 cm³/mol. The number of carbonyl (C=O) groups excluding carboxylic acids is 1. The molecule has 3 aromatic rings. The zero-order valence-electron chi connectivity index (χ0n) is 19.0. The maximum Gasteiger partial charge on any atom is 0.237 e. The van der Waals surface area contributed by atoms with Crippen LogP contribution in [0.3, 0.4) is 0 Å². The molecule has 4 rings (SSSR count). The highest BCUT2D eigenvalue weighted by Gasteiger charge is 2.26. The molecule has 3 aromatic carbocycles. The molecular formula is C27H30N2O3. The van der Waals surface area contributed by atoms with Crippen LogP contribution in [0.25, 0.3) is 0 Å². The summed E-state index contributed by atoms with van der Waals surface area (Å²) < 4.78 is 10.9. The van der Waals surface area contributed by atoms with Crippen LogP contribution in [0.5, 0.6) is 11.5 Å². The molecule has 1 aliphatic heterocycles. The van der Waals surface area contributed by atoms with Crippen LogP contribution < -0.4 is 9.47 Å². The zero-order valence-corrected chi connectivity index (χ0v) is 19.0. The van der Waals surface area contributed by atoms with E-state index in [2.05, 4.69) is 29.2 Å². The Morgan fingerprint density at radius 2 is 1.44 bits per heavy atom. The summed E-state index contributed by atoms with van der Waals surface area (Å²) in [6.45, 7) is 1.64. The van der Waals surface area contributed by atoms with Gasteiger partial charge in [0.25, 0.3) is 0 Å². The highest BCUT2D eigenvalue weighted by atomic mass is 16.5. The van der Waals surface area contributed by atoms with E-state index in [1.54, 1.807) is 14.2 Å². The summed E-state index contributed by atoms with van der Waals surface area (Å²) in [5.41, 5.74) is 4.68. The third-order valence-corrected chi connectivity index (χ3v) is 6.13. The summed E-state index contributed by atoms with van der Waals surface area (Å²) in [4.78, 5) is 17.4. The van der Waals surface area contributed by atoms with E-state index in [1.807, 2.05) is 60.5 Å². The zero-order chi connectivity index (χ0) is 22.5. The number of carbonyl (C=O) groups is 1. The molecule has 5 nitrogen and oxygen atoms in total. The number of fused-ring (bicyclic) bond motifs is 1. The second kappa shape index (κ2) is 9.88. The van der Waals surface area contributed by atoms with Crippen LogP contribution >= 0.6 is 0 Å². The molecule has 0 bridgehead atoms. The lowest BCUT2D eigenvalue weighted by atomic mass is 9.97. The van der Waals surface area contributed by atoms with E-state index in [9.17, 15) is 4.79 Å². The number of rotatable bonds is 7. The second-order valence-electron chi connectivity index (χ2n) is 8.18. The number of methoxy groups -OCH3 is 2. The SMILES string of the molecule is COc1cc2c(cc1OC)CN(C(=O)CN(C)C(c1ccccc1)c1ccccc1)CC2. The Balaban J connectivity index is 1.52. The summed E-state index contributed by atoms with van der Waals surface area (Å²) in [6, 6.07) is 24.7. The number of likely N-dealkylation sites (N-methyl/N-ethyl adjacent to an activating group) is 1. The average molecular weight is 431 g/mol. The highest BCUT2D eigenvalue weighted by Crippen LogP contribution is 2.33. The Kier molecular flexibility index (Phi) is 6.76. The molecular weight excluding hydrogens is 400 g/mol. The first-order valence-corrected chi connectivity index (χ1v) is 10.9. The lowest BCUT2D eigenvalue weighted by molar-refractivity contribution is -0.133. The fourth-order valence-corrected chi connectivity index (χ4v) is 4.47. The van der Waals surface area contributed by atoms with Crippen LogP contribution in [-0.4, -0.2) is 50.1 Å². The third-order valence-electron chi connectivity index (χ3n) is 6.13. The van der Waals surface area contributed by atoms with Crippen molar-refractivity contribution in [2.24, 2.45) is 0 Å². The van der Waals surface area contributed by atoms with Crippen molar-refractivity contribution < 1.29 is 14.3 Å². The highest BCUT2D eigenvalue weighted by molar-refractivity contribution is 5.78. The minimum absolute atomic E-state index is 0.0165. The molecule has 5 heteroatoms. The third kappa shape index (κ3) is 4.63. The largest absolute Gasteiger partial charge is 0.493 e. The van der Waals surface area contributed by atoms with Crippen LogP contribution in [0.1, 0.15) is 28.3 Å². The Labute approximate surface area is 190 Å². The van der Waals surface area contributed by atoms with E-state index in [1.165, 1.54) is 16.7 Å². The van der Waals surface area contributed by atoms with Gasteiger partial charge in [-0.15, -0.1) is 0 Å². The lowest BCUT2D eigenvalue weighted by Crippen LogP contribution is -2.42. The molecule has 1 heterocycles. The lowest BCUT2D eigenvalue weighted by Gasteiger charge is -2.33. The maximum atomic E-state index is 13.3. The summed E-state index contributed by atoms with van der Waals surface area (Å²) in [7, 11) is 5.31. The number of hydrogen-bond donors (Lipinski definition) is 0. The van der Waals surface area contributed by atoms with Crippen molar-refractivity contribution in [1.82, 2.24) is 9.80 Å². The van der Waals surface area contributed by atoms with Crippen LogP contribution in [-0.2, 0) is 17.8 Å². The Morgan fingerprint density at radius 3 is 1.97 bits per heavy atom. The first kappa shape index (κ1) is 21.9. The van der Waals surface area contributed by atoms with Crippen LogP contribution in [0.2, 0.25) is 0 Å². The molecule has 166 valence electrons. The second-order valence-corrected chi connectivity index (χ2v) is 8.18. The smallest absolute Gasteiger partial charge is 0.237 e. The molecule has 0 unspecified atom stereocenters. The minimum Gasteiger partial charge on any atom is -0.493 e. The van der Waals surface area contributed by atoms with Crippen molar-refractivity contribution >= 4 is 5.91 Å². The van der Waals surface area contributed by atoms with Crippen LogP contribution in [0.4, 0.5) is 0 Å². The molecule has 0 spiro atoms. The van der Waals surface area contributed by atoms with Crippen molar-refractivity contribution in [3.05, 3.63) is 95.1 Å².